The lowest BCUT2D eigenvalue weighted by atomic mass is 9.98. The van der Waals surface area contributed by atoms with Crippen LogP contribution in [-0.4, -0.2) is 65.5 Å². The van der Waals surface area contributed by atoms with Gasteiger partial charge in [0, 0.05) is 19.0 Å². The molecule has 1 aliphatic heterocycles. The third kappa shape index (κ3) is 4.60. The van der Waals surface area contributed by atoms with E-state index in [1.54, 1.807) is 0 Å². The van der Waals surface area contributed by atoms with Crippen LogP contribution in [0.5, 0.6) is 0 Å². The molecule has 0 radical (unpaired) electrons. The van der Waals surface area contributed by atoms with Crippen molar-refractivity contribution in [3.63, 3.8) is 0 Å². The highest BCUT2D eigenvalue weighted by atomic mass is 16.5. The second-order valence-corrected chi connectivity index (χ2v) is 8.39. The minimum absolute atomic E-state index is 0.0406. The van der Waals surface area contributed by atoms with Crippen molar-refractivity contribution in [2.45, 2.75) is 18.6 Å². The number of carboxylic acids is 1. The van der Waals surface area contributed by atoms with Crippen LogP contribution in [0.25, 0.3) is 11.1 Å². The summed E-state index contributed by atoms with van der Waals surface area (Å²) in [6.45, 7) is 0.277. The van der Waals surface area contributed by atoms with E-state index in [1.165, 1.54) is 11.2 Å². The standard InChI is InChI=1S/C25H23N3O7/c29-23(30)14-33-15-10-28(11-15)24(31)21-13-35-27-22(21)9-26-25(32)34-12-20-18-7-3-1-5-16(18)17-6-2-4-8-19(17)20/h1-8,13,15,20H,9-12,14H2,(H,26,32)(H,29,30). The lowest BCUT2D eigenvalue weighted by Crippen LogP contribution is -2.55. The average molecular weight is 477 g/mol. The van der Waals surface area contributed by atoms with E-state index in [-0.39, 0.29) is 55.4 Å². The Labute approximate surface area is 200 Å². The molecule has 10 heteroatoms. The van der Waals surface area contributed by atoms with Gasteiger partial charge in [-0.1, -0.05) is 53.7 Å². The molecule has 35 heavy (non-hydrogen) atoms. The molecule has 1 saturated heterocycles. The van der Waals surface area contributed by atoms with Crippen LogP contribution in [-0.2, 0) is 20.8 Å². The molecule has 2 amide bonds. The summed E-state index contributed by atoms with van der Waals surface area (Å²) in [4.78, 5) is 37.2. The molecule has 2 aromatic carbocycles. The maximum Gasteiger partial charge on any atom is 0.407 e. The summed E-state index contributed by atoms with van der Waals surface area (Å²) < 4.78 is 15.6. The van der Waals surface area contributed by atoms with E-state index in [0.717, 1.165) is 22.3 Å². The lowest BCUT2D eigenvalue weighted by Gasteiger charge is -2.38. The highest BCUT2D eigenvalue weighted by Crippen LogP contribution is 2.44. The molecule has 0 spiro atoms. The minimum atomic E-state index is -1.06. The van der Waals surface area contributed by atoms with Gasteiger partial charge < -0.3 is 29.3 Å². The molecule has 2 N–H and O–H groups in total. The van der Waals surface area contributed by atoms with Gasteiger partial charge in [0.2, 0.25) is 0 Å². The fourth-order valence-electron chi connectivity index (χ4n) is 4.44. The number of ether oxygens (including phenoxy) is 2. The summed E-state index contributed by atoms with van der Waals surface area (Å²) in [6.07, 6.45) is 0.277. The molecule has 1 aliphatic carbocycles. The summed E-state index contributed by atoms with van der Waals surface area (Å²) in [5.41, 5.74) is 5.02. The van der Waals surface area contributed by atoms with Crippen molar-refractivity contribution >= 4 is 18.0 Å². The normalized spacial score (nSPS) is 14.7. The van der Waals surface area contributed by atoms with Crippen LogP contribution in [0, 0.1) is 0 Å². The van der Waals surface area contributed by atoms with Crippen LogP contribution >= 0.6 is 0 Å². The van der Waals surface area contributed by atoms with Crippen molar-refractivity contribution in [2.75, 3.05) is 26.3 Å². The molecule has 1 fully saturated rings. The van der Waals surface area contributed by atoms with E-state index >= 15 is 0 Å². The Balaban J connectivity index is 1.14. The predicted molar refractivity (Wildman–Crippen MR) is 122 cm³/mol. The van der Waals surface area contributed by atoms with Gasteiger partial charge in [-0.3, -0.25) is 4.79 Å². The monoisotopic (exact) mass is 477 g/mol. The van der Waals surface area contributed by atoms with Gasteiger partial charge in [-0.25, -0.2) is 9.59 Å². The number of aromatic nitrogens is 1. The molecule has 0 atom stereocenters. The Morgan fingerprint density at radius 2 is 1.71 bits per heavy atom. The topological polar surface area (TPSA) is 131 Å². The summed E-state index contributed by atoms with van der Waals surface area (Å²) in [6, 6.07) is 16.1. The van der Waals surface area contributed by atoms with E-state index in [9.17, 15) is 14.4 Å². The Morgan fingerprint density at radius 1 is 1.06 bits per heavy atom. The van der Waals surface area contributed by atoms with Gasteiger partial charge in [-0.2, -0.15) is 0 Å². The number of carbonyl (C=O) groups is 3. The Bertz CT molecular complexity index is 1220. The van der Waals surface area contributed by atoms with Gasteiger partial charge in [-0.15, -0.1) is 0 Å². The number of nitrogens with zero attached hydrogens (tertiary/aromatic N) is 2. The number of amides is 2. The first-order valence-electron chi connectivity index (χ1n) is 11.2. The highest BCUT2D eigenvalue weighted by molar-refractivity contribution is 5.95. The number of alkyl carbamates (subject to hydrolysis) is 1. The second-order valence-electron chi connectivity index (χ2n) is 8.39. The first-order chi connectivity index (χ1) is 17.0. The molecule has 0 saturated carbocycles. The summed E-state index contributed by atoms with van der Waals surface area (Å²) in [5, 5.41) is 15.1. The summed E-state index contributed by atoms with van der Waals surface area (Å²) in [7, 11) is 0. The largest absolute Gasteiger partial charge is 0.480 e. The van der Waals surface area contributed by atoms with E-state index in [4.69, 9.17) is 19.1 Å². The molecule has 2 heterocycles. The first-order valence-corrected chi connectivity index (χ1v) is 11.2. The fourth-order valence-corrected chi connectivity index (χ4v) is 4.44. The summed E-state index contributed by atoms with van der Waals surface area (Å²) in [5.74, 6) is -1.44. The fraction of sp³-hybridized carbons (Fsp3) is 0.280. The molecule has 10 nitrogen and oxygen atoms in total. The number of nitrogens with one attached hydrogen (secondary N) is 1. The smallest absolute Gasteiger partial charge is 0.407 e. The van der Waals surface area contributed by atoms with E-state index in [2.05, 4.69) is 22.6 Å². The average Bonchev–Trinajstić information content (AvgIpc) is 3.43. The van der Waals surface area contributed by atoms with E-state index in [1.807, 2.05) is 36.4 Å². The molecule has 0 unspecified atom stereocenters. The maximum absolute atomic E-state index is 12.7. The van der Waals surface area contributed by atoms with Gasteiger partial charge in [0.25, 0.3) is 5.91 Å². The molecule has 2 aliphatic rings. The Morgan fingerprint density at radius 3 is 2.37 bits per heavy atom. The zero-order valence-electron chi connectivity index (χ0n) is 18.7. The van der Waals surface area contributed by atoms with E-state index < -0.39 is 18.7 Å². The third-order valence-corrected chi connectivity index (χ3v) is 6.20. The van der Waals surface area contributed by atoms with Gasteiger partial charge in [-0.05, 0) is 22.3 Å². The van der Waals surface area contributed by atoms with E-state index in [0.29, 0.717) is 0 Å². The second kappa shape index (κ2) is 9.59. The number of carbonyl (C=O) groups excluding carboxylic acids is 2. The van der Waals surface area contributed by atoms with Crippen LogP contribution in [0.1, 0.15) is 33.1 Å². The van der Waals surface area contributed by atoms with Crippen LogP contribution in [0.4, 0.5) is 4.79 Å². The number of aliphatic carboxylic acids is 1. The number of hydrogen-bond donors (Lipinski definition) is 2. The zero-order valence-corrected chi connectivity index (χ0v) is 18.7. The number of rotatable bonds is 8. The molecular weight excluding hydrogens is 454 g/mol. The Kier molecular flexibility index (Phi) is 6.19. The molecule has 1 aromatic heterocycles. The van der Waals surface area contributed by atoms with Crippen LogP contribution in [0.2, 0.25) is 0 Å². The summed E-state index contributed by atoms with van der Waals surface area (Å²) >= 11 is 0. The number of hydrogen-bond acceptors (Lipinski definition) is 7. The zero-order chi connectivity index (χ0) is 24.4. The van der Waals surface area contributed by atoms with Crippen molar-refractivity contribution in [3.8, 4) is 11.1 Å². The number of benzene rings is 2. The van der Waals surface area contributed by atoms with Crippen LogP contribution in [0.15, 0.2) is 59.3 Å². The number of likely N-dealkylation sites (tertiary alicyclic amines) is 1. The van der Waals surface area contributed by atoms with Gasteiger partial charge >= 0.3 is 12.1 Å². The quantitative estimate of drug-likeness (QED) is 0.506. The van der Waals surface area contributed by atoms with Crippen molar-refractivity contribution in [2.24, 2.45) is 0 Å². The minimum Gasteiger partial charge on any atom is -0.480 e. The maximum atomic E-state index is 12.7. The molecule has 5 rings (SSSR count). The Hall–Kier alpha value is -4.18. The number of fused-ring (bicyclic) bond motifs is 3. The molecule has 180 valence electrons. The van der Waals surface area contributed by atoms with Crippen molar-refractivity contribution < 1.29 is 33.5 Å². The predicted octanol–water partition coefficient (Wildman–Crippen LogP) is 2.64. The first kappa shape index (κ1) is 22.6. The van der Waals surface area contributed by atoms with Gasteiger partial charge in [0.05, 0.1) is 12.6 Å². The number of carboxylic acid groups (broad SMARTS) is 1. The third-order valence-electron chi connectivity index (χ3n) is 6.20. The molecular formula is C25H23N3O7. The van der Waals surface area contributed by atoms with Crippen molar-refractivity contribution in [3.05, 3.63) is 77.2 Å². The highest BCUT2D eigenvalue weighted by Gasteiger charge is 2.34. The van der Waals surface area contributed by atoms with Gasteiger partial charge in [0.15, 0.2) is 0 Å². The lowest BCUT2D eigenvalue weighted by molar-refractivity contribution is -0.147. The van der Waals surface area contributed by atoms with Crippen molar-refractivity contribution in [1.82, 2.24) is 15.4 Å². The molecule has 0 bridgehead atoms. The van der Waals surface area contributed by atoms with Crippen molar-refractivity contribution in [1.29, 1.82) is 0 Å². The SMILES string of the molecule is O=C(O)COC1CN(C(=O)c2conc2CNC(=O)OCC2c3ccccc3-c3ccccc32)C1. The van der Waals surface area contributed by atoms with Crippen LogP contribution < -0.4 is 5.32 Å². The van der Waals surface area contributed by atoms with Gasteiger partial charge in [0.1, 0.15) is 30.7 Å². The molecule has 3 aromatic rings. The van der Waals surface area contributed by atoms with Crippen LogP contribution in [0.3, 0.4) is 0 Å².